The van der Waals surface area contributed by atoms with Crippen LogP contribution in [0.5, 0.6) is 0 Å². The molecule has 2 aromatic carbocycles. The van der Waals surface area contributed by atoms with E-state index in [4.69, 9.17) is 0 Å². The van der Waals surface area contributed by atoms with Crippen molar-refractivity contribution in [3.05, 3.63) is 60.2 Å². The van der Waals surface area contributed by atoms with Crippen molar-refractivity contribution >= 4 is 5.78 Å². The average Bonchev–Trinajstić information content (AvgIpc) is 3.33. The Morgan fingerprint density at radius 1 is 0.875 bits per heavy atom. The molecule has 0 radical (unpaired) electrons. The fourth-order valence-electron chi connectivity index (χ4n) is 4.29. The molecule has 4 rings (SSSR count). The molecule has 1 aliphatic heterocycles. The van der Waals surface area contributed by atoms with Crippen molar-refractivity contribution in [3.8, 4) is 11.1 Å². The van der Waals surface area contributed by atoms with Gasteiger partial charge in [0.25, 0.3) is 0 Å². The number of rotatable bonds is 4. The molecule has 124 valence electrons. The van der Waals surface area contributed by atoms with Gasteiger partial charge in [-0.1, -0.05) is 73.9 Å². The number of carbonyl (C=O) groups is 1. The molecule has 0 bridgehead atoms. The van der Waals surface area contributed by atoms with E-state index < -0.39 is 0 Å². The number of ketones is 1. The fraction of sp³-hybridized carbons (Fsp3) is 0.409. The van der Waals surface area contributed by atoms with Crippen molar-refractivity contribution in [2.45, 2.75) is 57.2 Å². The summed E-state index contributed by atoms with van der Waals surface area (Å²) in [7, 11) is 0. The van der Waals surface area contributed by atoms with Gasteiger partial charge in [0.15, 0.2) is 5.78 Å². The largest absolute Gasteiger partial charge is 0.292 e. The normalized spacial score (nSPS) is 27.0. The van der Waals surface area contributed by atoms with Gasteiger partial charge < -0.3 is 0 Å². The van der Waals surface area contributed by atoms with Crippen LogP contribution in [0.4, 0.5) is 0 Å². The van der Waals surface area contributed by atoms with Crippen molar-refractivity contribution in [1.29, 1.82) is 0 Å². The first-order chi connectivity index (χ1) is 11.8. The van der Waals surface area contributed by atoms with Gasteiger partial charge in [0.05, 0.1) is 6.04 Å². The lowest BCUT2D eigenvalue weighted by molar-refractivity contribution is 0.0963. The zero-order valence-electron chi connectivity index (χ0n) is 14.3. The lowest BCUT2D eigenvalue weighted by Crippen LogP contribution is -2.26. The molecule has 2 fully saturated rings. The SMILES string of the molecule is C[C@H]1[C@@H](C(=O)c2ccc(-c3ccccc3)cc2)N1C1CCCCC1. The third-order valence-corrected chi connectivity index (χ3v) is 5.70. The van der Waals surface area contributed by atoms with Crippen molar-refractivity contribution in [3.63, 3.8) is 0 Å². The van der Waals surface area contributed by atoms with E-state index in [-0.39, 0.29) is 6.04 Å². The molecule has 0 N–H and O–H groups in total. The van der Waals surface area contributed by atoms with Crippen LogP contribution in [0.2, 0.25) is 0 Å². The highest BCUT2D eigenvalue weighted by Gasteiger charge is 2.52. The van der Waals surface area contributed by atoms with Gasteiger partial charge in [0, 0.05) is 17.6 Å². The number of Topliss-reactive ketones (excluding diaryl/α,β-unsaturated/α-hetero) is 1. The first-order valence-electron chi connectivity index (χ1n) is 9.23. The second-order valence-corrected chi connectivity index (χ2v) is 7.23. The van der Waals surface area contributed by atoms with Crippen LogP contribution in [0.3, 0.4) is 0 Å². The van der Waals surface area contributed by atoms with Crippen LogP contribution in [0, 0.1) is 0 Å². The molecule has 2 aromatic rings. The van der Waals surface area contributed by atoms with E-state index in [1.54, 1.807) is 0 Å². The summed E-state index contributed by atoms with van der Waals surface area (Å²) in [6.45, 7) is 2.20. The average molecular weight is 319 g/mol. The maximum Gasteiger partial charge on any atom is 0.181 e. The molecule has 1 saturated carbocycles. The van der Waals surface area contributed by atoms with Gasteiger partial charge in [0.2, 0.25) is 0 Å². The molecule has 1 saturated heterocycles. The zero-order chi connectivity index (χ0) is 16.5. The lowest BCUT2D eigenvalue weighted by atomic mass is 9.95. The maximum absolute atomic E-state index is 12.9. The van der Waals surface area contributed by atoms with Crippen molar-refractivity contribution in [1.82, 2.24) is 4.90 Å². The summed E-state index contributed by atoms with van der Waals surface area (Å²) in [4.78, 5) is 15.3. The van der Waals surface area contributed by atoms with Crippen LogP contribution in [-0.2, 0) is 0 Å². The number of benzene rings is 2. The third kappa shape index (κ3) is 2.91. The highest BCUT2D eigenvalue weighted by Crippen LogP contribution is 2.38. The Kier molecular flexibility index (Phi) is 4.24. The Bertz CT molecular complexity index is 701. The van der Waals surface area contributed by atoms with E-state index in [1.165, 1.54) is 43.2 Å². The first kappa shape index (κ1) is 15.6. The number of hydrogen-bond donors (Lipinski definition) is 0. The van der Waals surface area contributed by atoms with Gasteiger partial charge in [0.1, 0.15) is 0 Å². The summed E-state index contributed by atoms with van der Waals surface area (Å²) in [6, 6.07) is 19.6. The van der Waals surface area contributed by atoms with E-state index >= 15 is 0 Å². The summed E-state index contributed by atoms with van der Waals surface area (Å²) in [5.41, 5.74) is 3.21. The van der Waals surface area contributed by atoms with Crippen LogP contribution in [-0.4, -0.2) is 28.8 Å². The summed E-state index contributed by atoms with van der Waals surface area (Å²) in [5, 5.41) is 0. The van der Waals surface area contributed by atoms with Crippen molar-refractivity contribution < 1.29 is 4.79 Å². The van der Waals surface area contributed by atoms with Gasteiger partial charge in [-0.2, -0.15) is 0 Å². The van der Waals surface area contributed by atoms with Gasteiger partial charge in [-0.3, -0.25) is 9.69 Å². The molecular weight excluding hydrogens is 294 g/mol. The zero-order valence-corrected chi connectivity index (χ0v) is 14.3. The minimum absolute atomic E-state index is 0.107. The topological polar surface area (TPSA) is 20.1 Å². The molecule has 1 unspecified atom stereocenters. The standard InChI is InChI=1S/C22H25NO/c1-16-21(23(16)20-10-6-3-7-11-20)22(24)19-14-12-18(13-15-19)17-8-4-2-5-9-17/h2,4-5,8-9,12-16,20-21H,3,6-7,10-11H2,1H3/t16-,21-,23?/m0/s1. The Hall–Kier alpha value is -1.93. The summed E-state index contributed by atoms with van der Waals surface area (Å²) in [5.74, 6) is 0.299. The second kappa shape index (κ2) is 6.52. The fourth-order valence-corrected chi connectivity index (χ4v) is 4.29. The molecule has 2 heteroatoms. The van der Waals surface area contributed by atoms with E-state index in [9.17, 15) is 4.79 Å². The smallest absolute Gasteiger partial charge is 0.181 e. The highest BCUT2D eigenvalue weighted by molar-refractivity contribution is 6.02. The third-order valence-electron chi connectivity index (χ3n) is 5.70. The summed E-state index contributed by atoms with van der Waals surface area (Å²) in [6.07, 6.45) is 6.53. The predicted molar refractivity (Wildman–Crippen MR) is 98.2 cm³/mol. The van der Waals surface area contributed by atoms with Gasteiger partial charge in [-0.25, -0.2) is 0 Å². The van der Waals surface area contributed by atoms with Crippen LogP contribution >= 0.6 is 0 Å². The quantitative estimate of drug-likeness (QED) is 0.587. The van der Waals surface area contributed by atoms with Gasteiger partial charge in [-0.15, -0.1) is 0 Å². The maximum atomic E-state index is 12.9. The van der Waals surface area contributed by atoms with Gasteiger partial charge >= 0.3 is 0 Å². The molecule has 0 spiro atoms. The van der Waals surface area contributed by atoms with Crippen LogP contribution < -0.4 is 0 Å². The molecule has 24 heavy (non-hydrogen) atoms. The monoisotopic (exact) mass is 319 g/mol. The summed E-state index contributed by atoms with van der Waals surface area (Å²) < 4.78 is 0. The number of carbonyl (C=O) groups excluding carboxylic acids is 1. The minimum Gasteiger partial charge on any atom is -0.292 e. The van der Waals surface area contributed by atoms with E-state index in [1.807, 2.05) is 30.3 Å². The first-order valence-corrected chi connectivity index (χ1v) is 9.23. The summed E-state index contributed by atoms with van der Waals surface area (Å²) >= 11 is 0. The van der Waals surface area contributed by atoms with Crippen molar-refractivity contribution in [2.24, 2.45) is 0 Å². The second-order valence-electron chi connectivity index (χ2n) is 7.23. The highest BCUT2D eigenvalue weighted by atomic mass is 16.1. The van der Waals surface area contributed by atoms with E-state index in [0.29, 0.717) is 17.9 Å². The van der Waals surface area contributed by atoms with E-state index in [0.717, 1.165) is 5.56 Å². The van der Waals surface area contributed by atoms with Crippen LogP contribution in [0.15, 0.2) is 54.6 Å². The molecule has 1 heterocycles. The number of hydrogen-bond acceptors (Lipinski definition) is 2. The number of nitrogens with zero attached hydrogens (tertiary/aromatic N) is 1. The minimum atomic E-state index is 0.107. The molecule has 1 aliphatic carbocycles. The van der Waals surface area contributed by atoms with Gasteiger partial charge in [-0.05, 0) is 30.9 Å². The van der Waals surface area contributed by atoms with Crippen LogP contribution in [0.25, 0.3) is 11.1 Å². The Balaban J connectivity index is 1.47. The van der Waals surface area contributed by atoms with Crippen LogP contribution in [0.1, 0.15) is 49.4 Å². The molecule has 2 aliphatic rings. The molecule has 0 amide bonds. The Morgan fingerprint density at radius 3 is 2.17 bits per heavy atom. The Morgan fingerprint density at radius 2 is 1.50 bits per heavy atom. The van der Waals surface area contributed by atoms with Crippen molar-refractivity contribution in [2.75, 3.05) is 0 Å². The molecular formula is C22H25NO. The molecule has 3 atom stereocenters. The predicted octanol–water partition coefficient (Wildman–Crippen LogP) is 4.94. The Labute approximate surface area is 144 Å². The lowest BCUT2D eigenvalue weighted by Gasteiger charge is -2.23. The molecule has 0 aromatic heterocycles. The molecule has 2 nitrogen and oxygen atoms in total. The van der Waals surface area contributed by atoms with E-state index in [2.05, 4.69) is 36.1 Å².